The van der Waals surface area contributed by atoms with Gasteiger partial charge in [0.15, 0.2) is 5.82 Å². The second-order valence-electron chi connectivity index (χ2n) is 6.92. The van der Waals surface area contributed by atoms with E-state index in [2.05, 4.69) is 15.4 Å². The fourth-order valence-electron chi connectivity index (χ4n) is 2.81. The number of amides is 1. The molecule has 28 heavy (non-hydrogen) atoms. The maximum Gasteiger partial charge on any atom is 0.451 e. The highest BCUT2D eigenvalue weighted by Crippen LogP contribution is 2.31. The van der Waals surface area contributed by atoms with Crippen LogP contribution in [0, 0.1) is 6.92 Å². The van der Waals surface area contributed by atoms with Crippen LogP contribution in [0.3, 0.4) is 0 Å². The van der Waals surface area contributed by atoms with Crippen molar-refractivity contribution in [3.05, 3.63) is 59.4 Å². The van der Waals surface area contributed by atoms with E-state index >= 15 is 0 Å². The molecule has 8 heteroatoms. The second kappa shape index (κ2) is 6.78. The second-order valence-corrected chi connectivity index (χ2v) is 6.92. The van der Waals surface area contributed by atoms with E-state index in [1.54, 1.807) is 12.1 Å². The molecule has 1 fully saturated rings. The van der Waals surface area contributed by atoms with Gasteiger partial charge < -0.3 is 5.32 Å². The molecule has 0 saturated heterocycles. The Hall–Kier alpha value is -3.16. The fourth-order valence-corrected chi connectivity index (χ4v) is 2.81. The van der Waals surface area contributed by atoms with Crippen LogP contribution in [0.5, 0.6) is 0 Å². The molecule has 1 aliphatic rings. The third-order valence-corrected chi connectivity index (χ3v) is 4.50. The average molecular weight is 386 g/mol. The number of benzene rings is 2. The van der Waals surface area contributed by atoms with Gasteiger partial charge in [-0.05, 0) is 49.1 Å². The van der Waals surface area contributed by atoms with Crippen LogP contribution in [-0.4, -0.2) is 27.1 Å². The van der Waals surface area contributed by atoms with Crippen LogP contribution < -0.4 is 5.32 Å². The molecule has 0 atom stereocenters. The zero-order valence-corrected chi connectivity index (χ0v) is 15.0. The first-order valence-electron chi connectivity index (χ1n) is 8.82. The largest absolute Gasteiger partial charge is 0.451 e. The molecule has 0 radical (unpaired) electrons. The Kier molecular flexibility index (Phi) is 4.41. The van der Waals surface area contributed by atoms with Gasteiger partial charge in [0, 0.05) is 17.2 Å². The molecule has 0 unspecified atom stereocenters. The molecule has 0 spiro atoms. The Morgan fingerprint density at radius 2 is 1.75 bits per heavy atom. The summed E-state index contributed by atoms with van der Waals surface area (Å²) in [7, 11) is 0. The van der Waals surface area contributed by atoms with Gasteiger partial charge in [0.1, 0.15) is 0 Å². The number of carbonyl (C=O) groups excluding carboxylic acids is 1. The number of aromatic nitrogens is 3. The number of nitrogens with zero attached hydrogens (tertiary/aromatic N) is 2. The summed E-state index contributed by atoms with van der Waals surface area (Å²) in [5, 5.41) is 8.50. The summed E-state index contributed by atoms with van der Waals surface area (Å²) in [4.78, 5) is 16.1. The fraction of sp³-hybridized carbons (Fsp3) is 0.250. The Morgan fingerprint density at radius 3 is 2.36 bits per heavy atom. The normalized spacial score (nSPS) is 14.1. The predicted molar refractivity (Wildman–Crippen MR) is 97.5 cm³/mol. The van der Waals surface area contributed by atoms with Gasteiger partial charge in [-0.2, -0.15) is 18.3 Å². The molecule has 1 aliphatic carbocycles. The van der Waals surface area contributed by atoms with Crippen LogP contribution >= 0.6 is 0 Å². The standard InChI is InChI=1S/C20H17F3N4O/c1-11-2-4-12(5-3-11)13-8-14(17-25-19(27-26-17)20(21,22)23)10-15(9-13)18(28)24-16-6-7-16/h2-5,8-10,16H,6-7H2,1H3,(H,24,28)(H,25,26,27). The third kappa shape index (κ3) is 3.90. The number of aromatic amines is 1. The molecular formula is C20H17F3N4O. The maximum absolute atomic E-state index is 12.9. The lowest BCUT2D eigenvalue weighted by Crippen LogP contribution is -2.25. The van der Waals surface area contributed by atoms with E-state index < -0.39 is 12.0 Å². The SMILES string of the molecule is Cc1ccc(-c2cc(C(=O)NC3CC3)cc(-c3n[nH]c(C(F)(F)F)n3)c2)cc1. The number of hydrogen-bond donors (Lipinski definition) is 2. The Morgan fingerprint density at radius 1 is 1.07 bits per heavy atom. The minimum absolute atomic E-state index is 0.109. The van der Waals surface area contributed by atoms with E-state index in [-0.39, 0.29) is 17.8 Å². The van der Waals surface area contributed by atoms with Gasteiger partial charge in [-0.25, -0.2) is 4.98 Å². The maximum atomic E-state index is 12.9. The van der Waals surface area contributed by atoms with Crippen LogP contribution in [0.1, 0.15) is 34.6 Å². The summed E-state index contributed by atoms with van der Waals surface area (Å²) >= 11 is 0. The van der Waals surface area contributed by atoms with Gasteiger partial charge in [0.2, 0.25) is 5.82 Å². The van der Waals surface area contributed by atoms with E-state index in [0.717, 1.165) is 24.0 Å². The molecule has 1 aromatic heterocycles. The third-order valence-electron chi connectivity index (χ3n) is 4.50. The van der Waals surface area contributed by atoms with Gasteiger partial charge in [0.25, 0.3) is 5.91 Å². The van der Waals surface area contributed by atoms with Crippen molar-refractivity contribution in [1.82, 2.24) is 20.5 Å². The number of rotatable bonds is 4. The van der Waals surface area contributed by atoms with Crippen molar-refractivity contribution in [2.75, 3.05) is 0 Å². The van der Waals surface area contributed by atoms with Crippen LogP contribution in [0.15, 0.2) is 42.5 Å². The Labute approximate surface area is 159 Å². The minimum Gasteiger partial charge on any atom is -0.349 e. The van der Waals surface area contributed by atoms with Crippen LogP contribution in [0.4, 0.5) is 13.2 Å². The summed E-state index contributed by atoms with van der Waals surface area (Å²) < 4.78 is 38.6. The van der Waals surface area contributed by atoms with Crippen LogP contribution in [0.25, 0.3) is 22.5 Å². The first-order valence-corrected chi connectivity index (χ1v) is 8.82. The van der Waals surface area contributed by atoms with Crippen molar-refractivity contribution in [3.63, 3.8) is 0 Å². The van der Waals surface area contributed by atoms with E-state index in [4.69, 9.17) is 0 Å². The Balaban J connectivity index is 1.78. The summed E-state index contributed by atoms with van der Waals surface area (Å²) in [5.41, 5.74) is 3.33. The molecule has 2 aromatic carbocycles. The number of carbonyl (C=O) groups is 1. The van der Waals surface area contributed by atoms with E-state index in [1.165, 1.54) is 6.07 Å². The van der Waals surface area contributed by atoms with Crippen molar-refractivity contribution >= 4 is 5.91 Å². The first-order chi connectivity index (χ1) is 13.3. The van der Waals surface area contributed by atoms with Crippen molar-refractivity contribution in [1.29, 1.82) is 0 Å². The molecule has 144 valence electrons. The van der Waals surface area contributed by atoms with Gasteiger partial charge in [-0.15, -0.1) is 0 Å². The smallest absolute Gasteiger partial charge is 0.349 e. The summed E-state index contributed by atoms with van der Waals surface area (Å²) in [6.07, 6.45) is -2.75. The van der Waals surface area contributed by atoms with E-state index in [9.17, 15) is 18.0 Å². The van der Waals surface area contributed by atoms with Gasteiger partial charge in [-0.3, -0.25) is 9.89 Å². The molecule has 5 nitrogen and oxygen atoms in total. The number of hydrogen-bond acceptors (Lipinski definition) is 3. The first kappa shape index (κ1) is 18.2. The molecule has 1 heterocycles. The molecule has 2 N–H and O–H groups in total. The van der Waals surface area contributed by atoms with E-state index in [0.29, 0.717) is 16.7 Å². The van der Waals surface area contributed by atoms with Gasteiger partial charge >= 0.3 is 6.18 Å². The molecule has 1 saturated carbocycles. The van der Waals surface area contributed by atoms with Gasteiger partial charge in [0.05, 0.1) is 0 Å². The average Bonchev–Trinajstić information content (AvgIpc) is 3.31. The number of halogens is 3. The van der Waals surface area contributed by atoms with E-state index in [1.807, 2.05) is 36.3 Å². The number of H-pyrrole nitrogens is 1. The monoisotopic (exact) mass is 386 g/mol. The summed E-state index contributed by atoms with van der Waals surface area (Å²) in [5.74, 6) is -1.54. The van der Waals surface area contributed by atoms with Crippen molar-refractivity contribution < 1.29 is 18.0 Å². The molecule has 0 bridgehead atoms. The minimum atomic E-state index is -4.62. The topological polar surface area (TPSA) is 70.7 Å². The van der Waals surface area contributed by atoms with Crippen LogP contribution in [0.2, 0.25) is 0 Å². The molecule has 1 amide bonds. The molecule has 0 aliphatic heterocycles. The highest BCUT2D eigenvalue weighted by molar-refractivity contribution is 5.97. The highest BCUT2D eigenvalue weighted by Gasteiger charge is 2.35. The summed E-state index contributed by atoms with van der Waals surface area (Å²) in [6.45, 7) is 1.96. The zero-order chi connectivity index (χ0) is 19.9. The van der Waals surface area contributed by atoms with Crippen molar-refractivity contribution in [2.45, 2.75) is 32.0 Å². The number of aryl methyl sites for hydroxylation is 1. The molecule has 3 aromatic rings. The van der Waals surface area contributed by atoms with Crippen molar-refractivity contribution in [2.24, 2.45) is 0 Å². The Bertz CT molecular complexity index is 1020. The number of nitrogens with one attached hydrogen (secondary N) is 2. The predicted octanol–water partition coefficient (Wildman–Crippen LogP) is 4.36. The lowest BCUT2D eigenvalue weighted by atomic mass is 9.98. The summed E-state index contributed by atoms with van der Waals surface area (Å²) in [6, 6.07) is 12.7. The van der Waals surface area contributed by atoms with Crippen LogP contribution in [-0.2, 0) is 6.18 Å². The lowest BCUT2D eigenvalue weighted by Gasteiger charge is -2.09. The molecule has 4 rings (SSSR count). The van der Waals surface area contributed by atoms with Crippen molar-refractivity contribution in [3.8, 4) is 22.5 Å². The van der Waals surface area contributed by atoms with Gasteiger partial charge in [-0.1, -0.05) is 29.8 Å². The quantitative estimate of drug-likeness (QED) is 0.700. The highest BCUT2D eigenvalue weighted by atomic mass is 19.4. The zero-order valence-electron chi connectivity index (χ0n) is 15.0. The number of alkyl halides is 3. The molecular weight excluding hydrogens is 369 g/mol. The lowest BCUT2D eigenvalue weighted by molar-refractivity contribution is -0.144.